The number of ether oxygens (including phenoxy) is 1. The largest absolute Gasteiger partial charge is 0.573 e. The molecule has 0 amide bonds. The summed E-state index contributed by atoms with van der Waals surface area (Å²) in [7, 11) is 0. The highest BCUT2D eigenvalue weighted by atomic mass is 32.1. The van der Waals surface area contributed by atoms with Gasteiger partial charge < -0.3 is 10.1 Å². The minimum absolute atomic E-state index is 0.210. The highest BCUT2D eigenvalue weighted by Gasteiger charge is 2.32. The molecule has 20 heavy (non-hydrogen) atoms. The summed E-state index contributed by atoms with van der Waals surface area (Å²) in [5.41, 5.74) is 1.07. The fourth-order valence-electron chi connectivity index (χ4n) is 1.69. The molecule has 3 nitrogen and oxygen atoms in total. The molecule has 108 valence electrons. The van der Waals surface area contributed by atoms with Crippen molar-refractivity contribution in [2.75, 3.05) is 5.32 Å². The summed E-state index contributed by atoms with van der Waals surface area (Å²) in [5.74, 6) is -0.251. The van der Waals surface area contributed by atoms with E-state index in [0.717, 1.165) is 10.7 Å². The fraction of sp³-hybridized carbons (Fsp3) is 0.308. The molecule has 1 atom stereocenters. The molecule has 0 aliphatic heterocycles. The number of para-hydroxylation sites is 2. The molecular weight excluding hydrogens is 289 g/mol. The second-order valence-corrected chi connectivity index (χ2v) is 5.26. The molecule has 1 unspecified atom stereocenters. The Balaban J connectivity index is 2.17. The number of hydrogen-bond acceptors (Lipinski definition) is 4. The van der Waals surface area contributed by atoms with E-state index in [-0.39, 0.29) is 17.5 Å². The van der Waals surface area contributed by atoms with Gasteiger partial charge in [-0.05, 0) is 26.0 Å². The first-order valence-electron chi connectivity index (χ1n) is 5.88. The zero-order chi connectivity index (χ0) is 14.8. The first-order chi connectivity index (χ1) is 9.35. The number of nitrogens with zero attached hydrogens (tertiary/aromatic N) is 1. The molecule has 0 saturated carbocycles. The van der Waals surface area contributed by atoms with Crippen molar-refractivity contribution in [3.63, 3.8) is 0 Å². The minimum atomic E-state index is -4.71. The molecule has 1 aromatic heterocycles. The predicted octanol–water partition coefficient (Wildman–Crippen LogP) is 4.52. The lowest BCUT2D eigenvalue weighted by atomic mass is 10.2. The van der Waals surface area contributed by atoms with Gasteiger partial charge in [0.05, 0.1) is 22.4 Å². The average molecular weight is 302 g/mol. The lowest BCUT2D eigenvalue weighted by molar-refractivity contribution is -0.274. The number of anilines is 1. The quantitative estimate of drug-likeness (QED) is 0.901. The van der Waals surface area contributed by atoms with E-state index in [2.05, 4.69) is 15.0 Å². The topological polar surface area (TPSA) is 34.2 Å². The molecular formula is C13H13F3N2OS. The molecule has 2 aromatic rings. The van der Waals surface area contributed by atoms with E-state index in [1.165, 1.54) is 29.5 Å². The van der Waals surface area contributed by atoms with Crippen LogP contribution in [0.1, 0.15) is 23.7 Å². The van der Waals surface area contributed by atoms with E-state index >= 15 is 0 Å². The summed E-state index contributed by atoms with van der Waals surface area (Å²) in [6.07, 6.45) is -4.71. The molecule has 0 bridgehead atoms. The molecule has 1 aromatic carbocycles. The van der Waals surface area contributed by atoms with E-state index in [0.29, 0.717) is 0 Å². The Morgan fingerprint density at radius 3 is 2.60 bits per heavy atom. The summed E-state index contributed by atoms with van der Waals surface area (Å²) >= 11 is 1.50. The van der Waals surface area contributed by atoms with E-state index in [9.17, 15) is 13.2 Å². The first kappa shape index (κ1) is 14.6. The molecule has 0 aliphatic carbocycles. The number of benzene rings is 1. The van der Waals surface area contributed by atoms with Gasteiger partial charge in [-0.1, -0.05) is 12.1 Å². The van der Waals surface area contributed by atoms with Crippen LogP contribution in [0.3, 0.4) is 0 Å². The van der Waals surface area contributed by atoms with Crippen molar-refractivity contribution in [3.8, 4) is 5.75 Å². The van der Waals surface area contributed by atoms with Crippen LogP contribution < -0.4 is 10.1 Å². The van der Waals surface area contributed by atoms with Gasteiger partial charge in [0.1, 0.15) is 0 Å². The van der Waals surface area contributed by atoms with Gasteiger partial charge in [-0.15, -0.1) is 24.5 Å². The molecule has 1 heterocycles. The van der Waals surface area contributed by atoms with Crippen LogP contribution in [0.15, 0.2) is 29.6 Å². The van der Waals surface area contributed by atoms with E-state index in [1.54, 1.807) is 6.07 Å². The summed E-state index contributed by atoms with van der Waals surface area (Å²) < 4.78 is 41.0. The Morgan fingerprint density at radius 2 is 2.00 bits per heavy atom. The minimum Gasteiger partial charge on any atom is -0.404 e. The summed E-state index contributed by atoms with van der Waals surface area (Å²) in [5, 5.41) is 5.77. The van der Waals surface area contributed by atoms with E-state index in [1.807, 2.05) is 19.2 Å². The zero-order valence-corrected chi connectivity index (χ0v) is 11.7. The number of halogens is 3. The average Bonchev–Trinajstić information content (AvgIpc) is 2.77. The third kappa shape index (κ3) is 3.86. The molecule has 7 heteroatoms. The second kappa shape index (κ2) is 5.70. The van der Waals surface area contributed by atoms with Gasteiger partial charge in [0, 0.05) is 5.38 Å². The Hall–Kier alpha value is -1.76. The Labute approximate surface area is 118 Å². The maximum Gasteiger partial charge on any atom is 0.573 e. The number of alkyl halides is 3. The number of hydrogen-bond donors (Lipinski definition) is 1. The van der Waals surface area contributed by atoms with Crippen LogP contribution in [0.5, 0.6) is 5.75 Å². The van der Waals surface area contributed by atoms with Gasteiger partial charge >= 0.3 is 6.36 Å². The van der Waals surface area contributed by atoms with Crippen molar-refractivity contribution >= 4 is 17.0 Å². The summed E-state index contributed by atoms with van der Waals surface area (Å²) in [4.78, 5) is 4.30. The summed E-state index contributed by atoms with van der Waals surface area (Å²) in [6, 6.07) is 5.73. The van der Waals surface area contributed by atoms with Crippen LogP contribution in [0, 0.1) is 6.92 Å². The van der Waals surface area contributed by atoms with Crippen LogP contribution >= 0.6 is 11.3 Å². The smallest absolute Gasteiger partial charge is 0.404 e. The Morgan fingerprint density at radius 1 is 1.30 bits per heavy atom. The molecule has 0 fully saturated rings. The Kier molecular flexibility index (Phi) is 4.17. The standard InChI is InChI=1S/C13H13F3N2OS/c1-8(11-7-20-9(2)18-11)17-10-5-3-4-6-12(10)19-13(14,15)16/h3-8,17H,1-2H3. The molecule has 1 N–H and O–H groups in total. The van der Waals surface area contributed by atoms with Crippen molar-refractivity contribution in [1.29, 1.82) is 0 Å². The van der Waals surface area contributed by atoms with Gasteiger partial charge in [0.25, 0.3) is 0 Å². The molecule has 0 aliphatic rings. The number of thiazole rings is 1. The van der Waals surface area contributed by atoms with Crippen LogP contribution in [-0.2, 0) is 0 Å². The monoisotopic (exact) mass is 302 g/mol. The lowest BCUT2D eigenvalue weighted by Gasteiger charge is -2.17. The van der Waals surface area contributed by atoms with Gasteiger partial charge in [0.2, 0.25) is 0 Å². The highest BCUT2D eigenvalue weighted by molar-refractivity contribution is 7.09. The summed E-state index contributed by atoms with van der Waals surface area (Å²) in [6.45, 7) is 3.71. The number of aromatic nitrogens is 1. The number of nitrogens with one attached hydrogen (secondary N) is 1. The van der Waals surface area contributed by atoms with Crippen molar-refractivity contribution in [3.05, 3.63) is 40.3 Å². The van der Waals surface area contributed by atoms with Crippen LogP contribution in [0.4, 0.5) is 18.9 Å². The number of aryl methyl sites for hydroxylation is 1. The van der Waals surface area contributed by atoms with Gasteiger partial charge in [-0.3, -0.25) is 0 Å². The Bertz CT molecular complexity index is 583. The van der Waals surface area contributed by atoms with Gasteiger partial charge in [-0.25, -0.2) is 4.98 Å². The van der Waals surface area contributed by atoms with Crippen molar-refractivity contribution < 1.29 is 17.9 Å². The molecule has 0 spiro atoms. The van der Waals surface area contributed by atoms with E-state index in [4.69, 9.17) is 0 Å². The van der Waals surface area contributed by atoms with Crippen LogP contribution in [-0.4, -0.2) is 11.3 Å². The second-order valence-electron chi connectivity index (χ2n) is 4.20. The van der Waals surface area contributed by atoms with Crippen molar-refractivity contribution in [2.45, 2.75) is 26.3 Å². The van der Waals surface area contributed by atoms with E-state index < -0.39 is 6.36 Å². The normalized spacial score (nSPS) is 13.1. The van der Waals surface area contributed by atoms with Crippen LogP contribution in [0.25, 0.3) is 0 Å². The maximum absolute atomic E-state index is 12.3. The molecule has 0 saturated heterocycles. The fourth-order valence-corrected chi connectivity index (χ4v) is 2.39. The van der Waals surface area contributed by atoms with Crippen molar-refractivity contribution in [2.24, 2.45) is 0 Å². The van der Waals surface area contributed by atoms with Crippen molar-refractivity contribution in [1.82, 2.24) is 4.98 Å². The highest BCUT2D eigenvalue weighted by Crippen LogP contribution is 2.32. The van der Waals surface area contributed by atoms with Gasteiger partial charge in [-0.2, -0.15) is 0 Å². The number of rotatable bonds is 4. The van der Waals surface area contributed by atoms with Crippen LogP contribution in [0.2, 0.25) is 0 Å². The predicted molar refractivity (Wildman–Crippen MR) is 72.0 cm³/mol. The lowest BCUT2D eigenvalue weighted by Crippen LogP contribution is -2.18. The molecule has 0 radical (unpaired) electrons. The molecule has 2 rings (SSSR count). The third-order valence-corrected chi connectivity index (χ3v) is 3.36. The zero-order valence-electron chi connectivity index (χ0n) is 10.9. The van der Waals surface area contributed by atoms with Gasteiger partial charge in [0.15, 0.2) is 5.75 Å². The first-order valence-corrected chi connectivity index (χ1v) is 6.76. The third-order valence-electron chi connectivity index (χ3n) is 2.57. The maximum atomic E-state index is 12.3. The SMILES string of the molecule is Cc1nc(C(C)Nc2ccccc2OC(F)(F)F)cs1.